The van der Waals surface area contributed by atoms with Gasteiger partial charge in [0.15, 0.2) is 5.75 Å². The summed E-state index contributed by atoms with van der Waals surface area (Å²) >= 11 is 12.7. The van der Waals surface area contributed by atoms with Crippen LogP contribution in [-0.2, 0) is 11.2 Å². The summed E-state index contributed by atoms with van der Waals surface area (Å²) in [6.45, 7) is 0. The van der Waals surface area contributed by atoms with Crippen LogP contribution in [0, 0.1) is 11.3 Å². The second-order valence-electron chi connectivity index (χ2n) is 7.07. The topological polar surface area (TPSA) is 121 Å². The molecule has 0 atom stereocenters. The van der Waals surface area contributed by atoms with E-state index in [1.807, 2.05) is 11.1 Å². The molecule has 0 spiro atoms. The first kappa shape index (κ1) is 21.6. The van der Waals surface area contributed by atoms with Crippen LogP contribution in [0.5, 0.6) is 11.5 Å². The van der Waals surface area contributed by atoms with Crippen molar-refractivity contribution >= 4 is 34.8 Å². The Morgan fingerprint density at radius 2 is 1.84 bits per heavy atom. The lowest BCUT2D eigenvalue weighted by Gasteiger charge is -2.18. The monoisotopic (exact) mass is 471 g/mol. The molecule has 1 aliphatic rings. The molecule has 0 aliphatic carbocycles. The van der Waals surface area contributed by atoms with Crippen molar-refractivity contribution < 1.29 is 9.53 Å². The largest absolute Gasteiger partial charge is 0.454 e. The van der Waals surface area contributed by atoms with Crippen LogP contribution in [0.4, 0.5) is 5.69 Å². The van der Waals surface area contributed by atoms with Gasteiger partial charge >= 0.3 is 5.69 Å². The first-order chi connectivity index (χ1) is 15.3. The molecule has 0 saturated carbocycles. The van der Waals surface area contributed by atoms with Crippen molar-refractivity contribution in [3.63, 3.8) is 0 Å². The summed E-state index contributed by atoms with van der Waals surface area (Å²) in [5.41, 5.74) is -0.282. The molecule has 162 valence electrons. The van der Waals surface area contributed by atoms with Gasteiger partial charge in [-0.2, -0.15) is 9.94 Å². The molecule has 1 N–H and O–H groups in total. The Balaban J connectivity index is 1.70. The van der Waals surface area contributed by atoms with E-state index in [0.29, 0.717) is 12.2 Å². The summed E-state index contributed by atoms with van der Waals surface area (Å²) < 4.78 is 6.72. The van der Waals surface area contributed by atoms with Gasteiger partial charge in [-0.1, -0.05) is 23.2 Å². The quantitative estimate of drug-likeness (QED) is 0.625. The first-order valence-corrected chi connectivity index (χ1v) is 10.2. The molecule has 0 unspecified atom stereocenters. The minimum atomic E-state index is -0.888. The molecule has 9 nitrogen and oxygen atoms in total. The Morgan fingerprint density at radius 3 is 2.53 bits per heavy atom. The van der Waals surface area contributed by atoms with E-state index in [2.05, 4.69) is 5.10 Å². The van der Waals surface area contributed by atoms with Gasteiger partial charge < -0.3 is 9.64 Å². The summed E-state index contributed by atoms with van der Waals surface area (Å²) in [7, 11) is 1.74. The SMILES string of the molecule is CN1C(=O)CCCc2cc(Oc3c(Cl)cc(-n4nc(C#N)c(=O)[nH]c4=O)cc3Cl)ccc21. The number of rotatable bonds is 3. The van der Waals surface area contributed by atoms with Crippen molar-refractivity contribution in [1.29, 1.82) is 5.26 Å². The molecule has 3 aromatic rings. The summed E-state index contributed by atoms with van der Waals surface area (Å²) in [6, 6.07) is 9.72. The average molecular weight is 472 g/mol. The highest BCUT2D eigenvalue weighted by atomic mass is 35.5. The number of hydrogen-bond donors (Lipinski definition) is 1. The smallest absolute Gasteiger partial charge is 0.349 e. The Morgan fingerprint density at radius 1 is 1.12 bits per heavy atom. The van der Waals surface area contributed by atoms with Crippen molar-refractivity contribution in [2.75, 3.05) is 11.9 Å². The maximum Gasteiger partial charge on any atom is 0.349 e. The molecule has 1 amide bonds. The Kier molecular flexibility index (Phi) is 5.74. The van der Waals surface area contributed by atoms with E-state index < -0.39 is 16.9 Å². The van der Waals surface area contributed by atoms with E-state index >= 15 is 0 Å². The second kappa shape index (κ2) is 8.49. The van der Waals surface area contributed by atoms with Gasteiger partial charge in [0.2, 0.25) is 11.6 Å². The summed E-state index contributed by atoms with van der Waals surface area (Å²) in [5, 5.41) is 12.9. The van der Waals surface area contributed by atoms with E-state index in [1.54, 1.807) is 30.1 Å². The van der Waals surface area contributed by atoms with Crippen LogP contribution in [-0.4, -0.2) is 27.7 Å². The fourth-order valence-corrected chi connectivity index (χ4v) is 3.97. The Labute approximate surface area is 191 Å². The van der Waals surface area contributed by atoms with Gasteiger partial charge in [-0.05, 0) is 48.7 Å². The molecule has 2 heterocycles. The third-order valence-corrected chi connectivity index (χ3v) is 5.57. The van der Waals surface area contributed by atoms with Crippen LogP contribution >= 0.6 is 23.2 Å². The van der Waals surface area contributed by atoms with E-state index in [1.165, 1.54) is 12.1 Å². The predicted molar refractivity (Wildman–Crippen MR) is 118 cm³/mol. The Bertz CT molecular complexity index is 1380. The van der Waals surface area contributed by atoms with Gasteiger partial charge in [-0.15, -0.1) is 5.10 Å². The van der Waals surface area contributed by atoms with Crippen LogP contribution in [0.1, 0.15) is 24.1 Å². The zero-order valence-corrected chi connectivity index (χ0v) is 18.2. The standard InChI is InChI=1S/C21H15Cl2N5O4/c1-27-17-6-5-13(7-11(17)3-2-4-18(27)29)32-19-14(22)8-12(9-15(19)23)28-21(31)25-20(30)16(10-24)26-28/h5-9H,2-4H2,1H3,(H,25,30,31). The Hall–Kier alpha value is -3.61. The molecule has 1 aliphatic heterocycles. The molecule has 0 radical (unpaired) electrons. The van der Waals surface area contributed by atoms with Crippen LogP contribution < -0.4 is 20.9 Å². The number of H-pyrrole nitrogens is 1. The van der Waals surface area contributed by atoms with E-state index in [9.17, 15) is 14.4 Å². The van der Waals surface area contributed by atoms with E-state index in [0.717, 1.165) is 28.8 Å². The number of nitrogens with zero attached hydrogens (tertiary/aromatic N) is 4. The number of ether oxygens (including phenoxy) is 1. The van der Waals surface area contributed by atoms with Crippen LogP contribution in [0.2, 0.25) is 10.0 Å². The highest BCUT2D eigenvalue weighted by Gasteiger charge is 2.20. The van der Waals surface area contributed by atoms with Crippen molar-refractivity contribution in [2.45, 2.75) is 19.3 Å². The van der Waals surface area contributed by atoms with Crippen molar-refractivity contribution in [3.8, 4) is 23.3 Å². The van der Waals surface area contributed by atoms with E-state index in [4.69, 9.17) is 33.2 Å². The average Bonchev–Trinajstić information content (AvgIpc) is 2.89. The molecular weight excluding hydrogens is 457 g/mol. The fourth-order valence-electron chi connectivity index (χ4n) is 3.42. The van der Waals surface area contributed by atoms with Crippen molar-refractivity contribution in [1.82, 2.24) is 14.8 Å². The number of carbonyl (C=O) groups excluding carboxylic acids is 1. The van der Waals surface area contributed by atoms with Gasteiger partial charge in [0.25, 0.3) is 5.56 Å². The molecular formula is C21H15Cl2N5O4. The number of halogens is 2. The number of nitriles is 1. The summed E-state index contributed by atoms with van der Waals surface area (Å²) in [6.07, 6.45) is 1.94. The number of anilines is 1. The molecule has 2 aromatic carbocycles. The highest BCUT2D eigenvalue weighted by molar-refractivity contribution is 6.37. The van der Waals surface area contributed by atoms with Crippen LogP contribution in [0.3, 0.4) is 0 Å². The fraction of sp³-hybridized carbons (Fsp3) is 0.190. The maximum atomic E-state index is 12.1. The van der Waals surface area contributed by atoms with Gasteiger partial charge in [-0.3, -0.25) is 14.6 Å². The lowest BCUT2D eigenvalue weighted by molar-refractivity contribution is -0.118. The molecule has 0 fully saturated rings. The normalized spacial score (nSPS) is 13.3. The highest BCUT2D eigenvalue weighted by Crippen LogP contribution is 2.39. The van der Waals surface area contributed by atoms with Crippen LogP contribution in [0.15, 0.2) is 39.9 Å². The second-order valence-corrected chi connectivity index (χ2v) is 7.88. The lowest BCUT2D eigenvalue weighted by Crippen LogP contribution is -2.33. The predicted octanol–water partition coefficient (Wildman–Crippen LogP) is 3.19. The van der Waals surface area contributed by atoms with Crippen LogP contribution in [0.25, 0.3) is 5.69 Å². The number of amides is 1. The minimum absolute atomic E-state index is 0.0600. The zero-order chi connectivity index (χ0) is 23.0. The number of carbonyl (C=O) groups is 1. The third kappa shape index (κ3) is 3.98. The minimum Gasteiger partial charge on any atom is -0.454 e. The number of nitrogens with one attached hydrogen (secondary N) is 1. The molecule has 4 rings (SSSR count). The number of aromatic amines is 1. The number of aromatic nitrogens is 3. The third-order valence-electron chi connectivity index (χ3n) is 5.00. The van der Waals surface area contributed by atoms with Gasteiger partial charge in [-0.25, -0.2) is 4.79 Å². The molecule has 0 saturated heterocycles. The molecule has 0 bridgehead atoms. The van der Waals surface area contributed by atoms with Gasteiger partial charge in [0, 0.05) is 19.2 Å². The molecule has 32 heavy (non-hydrogen) atoms. The van der Waals surface area contributed by atoms with Crippen molar-refractivity contribution in [3.05, 3.63) is 72.5 Å². The summed E-state index contributed by atoms with van der Waals surface area (Å²) in [5.74, 6) is 0.701. The maximum absolute atomic E-state index is 12.1. The van der Waals surface area contributed by atoms with E-state index in [-0.39, 0.29) is 27.4 Å². The molecule has 1 aromatic heterocycles. The first-order valence-electron chi connectivity index (χ1n) is 9.49. The molecule has 11 heteroatoms. The number of fused-ring (bicyclic) bond motifs is 1. The number of benzene rings is 2. The van der Waals surface area contributed by atoms with Crippen molar-refractivity contribution in [2.24, 2.45) is 0 Å². The van der Waals surface area contributed by atoms with Gasteiger partial charge in [0.05, 0.1) is 15.7 Å². The van der Waals surface area contributed by atoms with Gasteiger partial charge in [0.1, 0.15) is 11.8 Å². The number of aryl methyl sites for hydroxylation is 1. The zero-order valence-electron chi connectivity index (χ0n) is 16.7. The lowest BCUT2D eigenvalue weighted by atomic mass is 10.1. The number of hydrogen-bond acceptors (Lipinski definition) is 6. The summed E-state index contributed by atoms with van der Waals surface area (Å²) in [4.78, 5) is 39.4.